The summed E-state index contributed by atoms with van der Waals surface area (Å²) in [4.78, 5) is 17.9. The SMILES string of the molecule is O=C(NCC(F)F)N1CCC2(CC1)C[C@@H]([C@H]1c3ccccc3-c3cncn31)[C@H]2O. The average Bonchev–Trinajstić information content (AvgIpc) is 3.32. The number of nitrogens with one attached hydrogen (secondary N) is 1. The third-order valence-electron chi connectivity index (χ3n) is 7.06. The summed E-state index contributed by atoms with van der Waals surface area (Å²) < 4.78 is 26.8. The zero-order chi connectivity index (χ0) is 20.2. The molecule has 2 N–H and O–H groups in total. The van der Waals surface area contributed by atoms with Crippen molar-refractivity contribution in [1.82, 2.24) is 19.8 Å². The van der Waals surface area contributed by atoms with E-state index in [0.717, 1.165) is 12.1 Å². The van der Waals surface area contributed by atoms with Crippen LogP contribution in [0.5, 0.6) is 0 Å². The first-order valence-corrected chi connectivity index (χ1v) is 10.1. The Morgan fingerprint density at radius 3 is 2.79 bits per heavy atom. The Bertz CT molecular complexity index is 923. The summed E-state index contributed by atoms with van der Waals surface area (Å²) in [5, 5.41) is 13.4. The molecule has 0 bridgehead atoms. The average molecular weight is 402 g/mol. The number of likely N-dealkylation sites (tertiary alicyclic amines) is 1. The summed E-state index contributed by atoms with van der Waals surface area (Å²) in [5.41, 5.74) is 3.30. The number of aliphatic hydroxyl groups excluding tert-OH is 1. The molecule has 1 aliphatic carbocycles. The van der Waals surface area contributed by atoms with Gasteiger partial charge in [-0.1, -0.05) is 24.3 Å². The van der Waals surface area contributed by atoms with Gasteiger partial charge < -0.3 is 19.9 Å². The maximum absolute atomic E-state index is 12.3. The van der Waals surface area contributed by atoms with Crippen LogP contribution in [0.25, 0.3) is 11.3 Å². The van der Waals surface area contributed by atoms with Crippen LogP contribution < -0.4 is 5.32 Å². The monoisotopic (exact) mass is 402 g/mol. The number of halogens is 2. The molecule has 3 aliphatic rings. The van der Waals surface area contributed by atoms with E-state index < -0.39 is 25.1 Å². The summed E-state index contributed by atoms with van der Waals surface area (Å²) in [7, 11) is 0. The molecule has 1 saturated heterocycles. The van der Waals surface area contributed by atoms with Crippen LogP contribution in [0.15, 0.2) is 36.8 Å². The Morgan fingerprint density at radius 1 is 1.31 bits per heavy atom. The number of benzene rings is 1. The van der Waals surface area contributed by atoms with Gasteiger partial charge >= 0.3 is 6.03 Å². The standard InChI is InChI=1S/C21H24F2N4O2/c22-17(23)11-25-20(29)26-7-5-21(6-8-26)9-15(19(21)28)18-14-4-2-1-3-13(14)16-10-24-12-27(16)18/h1-4,10,12,15,17-19,28H,5-9,11H2,(H,25,29)/t15-,18+,19+/m0/s1. The zero-order valence-electron chi connectivity index (χ0n) is 16.0. The molecule has 5 rings (SSSR count). The van der Waals surface area contributed by atoms with Crippen LogP contribution in [-0.4, -0.2) is 57.8 Å². The second-order valence-electron chi connectivity index (χ2n) is 8.46. The molecule has 8 heteroatoms. The predicted molar refractivity (Wildman–Crippen MR) is 103 cm³/mol. The molecule has 0 unspecified atom stereocenters. The molecule has 2 aromatic rings. The van der Waals surface area contributed by atoms with Crippen LogP contribution in [0.4, 0.5) is 13.6 Å². The Morgan fingerprint density at radius 2 is 2.07 bits per heavy atom. The minimum Gasteiger partial charge on any atom is -0.392 e. The highest BCUT2D eigenvalue weighted by Gasteiger charge is 2.58. The van der Waals surface area contributed by atoms with Crippen LogP contribution in [-0.2, 0) is 0 Å². The summed E-state index contributed by atoms with van der Waals surface area (Å²) in [6, 6.07) is 7.91. The molecule has 154 valence electrons. The maximum atomic E-state index is 12.3. The largest absolute Gasteiger partial charge is 0.392 e. The molecule has 29 heavy (non-hydrogen) atoms. The molecular weight excluding hydrogens is 378 g/mol. The number of carbonyl (C=O) groups is 1. The number of urea groups is 1. The van der Waals surface area contributed by atoms with Crippen LogP contribution in [0.1, 0.15) is 30.9 Å². The number of aliphatic hydroxyl groups is 1. The lowest BCUT2D eigenvalue weighted by Gasteiger charge is -2.57. The number of rotatable bonds is 3. The van der Waals surface area contributed by atoms with Crippen LogP contribution in [0.2, 0.25) is 0 Å². The summed E-state index contributed by atoms with van der Waals surface area (Å²) in [6.45, 7) is 0.340. The fourth-order valence-electron chi connectivity index (χ4n) is 5.52. The second-order valence-corrected chi connectivity index (χ2v) is 8.46. The molecule has 3 heterocycles. The van der Waals surface area contributed by atoms with E-state index in [1.54, 1.807) is 4.90 Å². The van der Waals surface area contributed by atoms with Crippen molar-refractivity contribution in [3.8, 4) is 11.3 Å². The highest BCUT2D eigenvalue weighted by atomic mass is 19.3. The molecule has 1 aromatic carbocycles. The molecule has 2 aliphatic heterocycles. The highest BCUT2D eigenvalue weighted by molar-refractivity contribution is 5.74. The summed E-state index contributed by atoms with van der Waals surface area (Å²) in [5.74, 6) is 0.103. The first-order chi connectivity index (χ1) is 14.0. The number of imidazole rings is 1. The van der Waals surface area contributed by atoms with Crippen molar-refractivity contribution in [3.05, 3.63) is 42.4 Å². The van der Waals surface area contributed by atoms with Crippen molar-refractivity contribution >= 4 is 6.03 Å². The van der Waals surface area contributed by atoms with E-state index in [4.69, 9.17) is 0 Å². The quantitative estimate of drug-likeness (QED) is 0.830. The second kappa shape index (κ2) is 6.79. The number of piperidine rings is 1. The van der Waals surface area contributed by atoms with Gasteiger partial charge in [0.05, 0.1) is 36.9 Å². The highest BCUT2D eigenvalue weighted by Crippen LogP contribution is 2.59. The fourth-order valence-corrected chi connectivity index (χ4v) is 5.52. The first kappa shape index (κ1) is 18.5. The predicted octanol–water partition coefficient (Wildman–Crippen LogP) is 2.89. The van der Waals surface area contributed by atoms with Gasteiger partial charge in [0.15, 0.2) is 0 Å². The third-order valence-corrected chi connectivity index (χ3v) is 7.06. The third kappa shape index (κ3) is 2.84. The van der Waals surface area contributed by atoms with E-state index >= 15 is 0 Å². The number of nitrogens with zero attached hydrogens (tertiary/aromatic N) is 3. The molecule has 0 radical (unpaired) electrons. The lowest BCUT2D eigenvalue weighted by atomic mass is 9.53. The van der Waals surface area contributed by atoms with Crippen LogP contribution in [0, 0.1) is 11.3 Å². The summed E-state index contributed by atoms with van der Waals surface area (Å²) in [6.07, 6.45) is 2.98. The van der Waals surface area contributed by atoms with Crippen molar-refractivity contribution in [3.63, 3.8) is 0 Å². The van der Waals surface area contributed by atoms with Crippen LogP contribution >= 0.6 is 0 Å². The zero-order valence-corrected chi connectivity index (χ0v) is 16.0. The van der Waals surface area contributed by atoms with Crippen LogP contribution in [0.3, 0.4) is 0 Å². The van der Waals surface area contributed by atoms with Crippen molar-refractivity contribution < 1.29 is 18.7 Å². The van der Waals surface area contributed by atoms with Gasteiger partial charge in [0.2, 0.25) is 0 Å². The Labute approximate surface area is 167 Å². The summed E-state index contributed by atoms with van der Waals surface area (Å²) >= 11 is 0. The van der Waals surface area contributed by atoms with Gasteiger partial charge in [0.1, 0.15) is 0 Å². The van der Waals surface area contributed by atoms with Gasteiger partial charge in [-0.3, -0.25) is 0 Å². The lowest BCUT2D eigenvalue weighted by molar-refractivity contribution is -0.154. The number of hydrogen-bond donors (Lipinski definition) is 2. The van der Waals surface area contributed by atoms with Gasteiger partial charge in [-0.25, -0.2) is 18.6 Å². The molecule has 2 fully saturated rings. The molecule has 2 amide bonds. The number of alkyl halides is 2. The van der Waals surface area contributed by atoms with E-state index in [0.29, 0.717) is 25.9 Å². The molecule has 1 spiro atoms. The van der Waals surface area contributed by atoms with Gasteiger partial charge in [0.25, 0.3) is 6.43 Å². The molecule has 1 aromatic heterocycles. The number of hydrogen-bond acceptors (Lipinski definition) is 3. The molecule has 3 atom stereocenters. The Balaban J connectivity index is 1.27. The van der Waals surface area contributed by atoms with E-state index in [2.05, 4.69) is 27.0 Å². The van der Waals surface area contributed by atoms with Crippen molar-refractivity contribution in [1.29, 1.82) is 0 Å². The Hall–Kier alpha value is -2.48. The van der Waals surface area contributed by atoms with Crippen molar-refractivity contribution in [2.45, 2.75) is 37.8 Å². The molecule has 1 saturated carbocycles. The lowest BCUT2D eigenvalue weighted by Crippen LogP contribution is -2.60. The molecular formula is C21H24F2N4O2. The van der Waals surface area contributed by atoms with E-state index in [-0.39, 0.29) is 17.4 Å². The van der Waals surface area contributed by atoms with Gasteiger partial charge in [-0.2, -0.15) is 0 Å². The number of carbonyl (C=O) groups excluding carboxylic acids is 1. The molecule has 6 nitrogen and oxygen atoms in total. The fraction of sp³-hybridized carbons (Fsp3) is 0.524. The van der Waals surface area contributed by atoms with E-state index in [1.807, 2.05) is 24.7 Å². The minimum atomic E-state index is -2.55. The van der Waals surface area contributed by atoms with E-state index in [9.17, 15) is 18.7 Å². The first-order valence-electron chi connectivity index (χ1n) is 10.1. The van der Waals surface area contributed by atoms with E-state index in [1.165, 1.54) is 11.1 Å². The number of fused-ring (bicyclic) bond motifs is 3. The van der Waals surface area contributed by atoms with Crippen molar-refractivity contribution in [2.75, 3.05) is 19.6 Å². The maximum Gasteiger partial charge on any atom is 0.317 e. The van der Waals surface area contributed by atoms with Crippen molar-refractivity contribution in [2.24, 2.45) is 11.3 Å². The number of amides is 2. The van der Waals surface area contributed by atoms with Gasteiger partial charge in [-0.05, 0) is 24.8 Å². The minimum absolute atomic E-state index is 0.0803. The topological polar surface area (TPSA) is 70.4 Å². The smallest absolute Gasteiger partial charge is 0.317 e. The van der Waals surface area contributed by atoms with Gasteiger partial charge in [-0.15, -0.1) is 0 Å². The normalized spacial score (nSPS) is 26.9. The Kier molecular flexibility index (Phi) is 4.34. The van der Waals surface area contributed by atoms with Gasteiger partial charge in [0, 0.05) is 30.0 Å². The number of aromatic nitrogens is 2.